The summed E-state index contributed by atoms with van der Waals surface area (Å²) in [5.74, 6) is 2.26. The van der Waals surface area contributed by atoms with Gasteiger partial charge >= 0.3 is 0 Å². The second kappa shape index (κ2) is 6.79. The number of hydrogen-bond acceptors (Lipinski definition) is 5. The summed E-state index contributed by atoms with van der Waals surface area (Å²) in [6.07, 6.45) is 2.48. The Hall–Kier alpha value is -1.62. The van der Waals surface area contributed by atoms with Gasteiger partial charge in [0.25, 0.3) is 0 Å². The number of aliphatic hydroxyl groups excluding tert-OH is 1. The maximum absolute atomic E-state index is 8.67. The molecule has 88 valence electrons. The first-order chi connectivity index (χ1) is 7.76. The van der Waals surface area contributed by atoms with Crippen LogP contribution < -0.4 is 10.6 Å². The predicted octanol–water partition coefficient (Wildman–Crippen LogP) is 1.18. The summed E-state index contributed by atoms with van der Waals surface area (Å²) < 4.78 is 0. The first-order valence-electron chi connectivity index (χ1n) is 5.31. The standard InChI is InChI=1S/C11H18N4O/c1-3-5-12-10-8-11(13-6-4-7-16)15-9(2)14-10/h3,8,16H,1,4-7H2,2H3,(H2,12,13,14,15). The van der Waals surface area contributed by atoms with Crippen molar-refractivity contribution in [2.24, 2.45) is 0 Å². The molecule has 5 heteroatoms. The van der Waals surface area contributed by atoms with Crippen LogP contribution in [0.2, 0.25) is 0 Å². The second-order valence-electron chi connectivity index (χ2n) is 3.36. The van der Waals surface area contributed by atoms with E-state index < -0.39 is 0 Å². The molecule has 0 amide bonds. The molecule has 0 atom stereocenters. The van der Waals surface area contributed by atoms with Crippen molar-refractivity contribution in [1.82, 2.24) is 9.97 Å². The summed E-state index contributed by atoms with van der Waals surface area (Å²) in [5.41, 5.74) is 0. The molecule has 0 aliphatic carbocycles. The van der Waals surface area contributed by atoms with Crippen LogP contribution in [0.3, 0.4) is 0 Å². The smallest absolute Gasteiger partial charge is 0.132 e. The molecule has 0 radical (unpaired) electrons. The molecule has 1 aromatic rings. The van der Waals surface area contributed by atoms with Gasteiger partial charge in [-0.05, 0) is 13.3 Å². The van der Waals surface area contributed by atoms with E-state index in [0.717, 1.165) is 11.6 Å². The van der Waals surface area contributed by atoms with Gasteiger partial charge in [0.1, 0.15) is 17.5 Å². The number of aliphatic hydroxyl groups is 1. The van der Waals surface area contributed by atoms with Crippen LogP contribution in [-0.2, 0) is 0 Å². The molecule has 0 spiro atoms. The number of nitrogens with one attached hydrogen (secondary N) is 2. The Morgan fingerprint density at radius 1 is 1.38 bits per heavy atom. The van der Waals surface area contributed by atoms with Crippen LogP contribution in [0.15, 0.2) is 18.7 Å². The summed E-state index contributed by atoms with van der Waals surface area (Å²) in [4.78, 5) is 8.48. The molecule has 0 aliphatic rings. The summed E-state index contributed by atoms with van der Waals surface area (Å²) in [6.45, 7) is 7.03. The molecule has 3 N–H and O–H groups in total. The fourth-order valence-corrected chi connectivity index (χ4v) is 1.22. The highest BCUT2D eigenvalue weighted by Crippen LogP contribution is 2.10. The van der Waals surface area contributed by atoms with E-state index in [1.165, 1.54) is 0 Å². The van der Waals surface area contributed by atoms with Crippen LogP contribution in [0.5, 0.6) is 0 Å². The number of aromatic nitrogens is 2. The Labute approximate surface area is 95.6 Å². The van der Waals surface area contributed by atoms with Gasteiger partial charge in [0.05, 0.1) is 0 Å². The van der Waals surface area contributed by atoms with Crippen LogP contribution in [0.1, 0.15) is 12.2 Å². The van der Waals surface area contributed by atoms with Gasteiger partial charge in [-0.15, -0.1) is 6.58 Å². The van der Waals surface area contributed by atoms with Gasteiger partial charge in [-0.3, -0.25) is 0 Å². The van der Waals surface area contributed by atoms with Gasteiger partial charge in [-0.1, -0.05) is 6.08 Å². The van der Waals surface area contributed by atoms with Crippen LogP contribution >= 0.6 is 0 Å². The monoisotopic (exact) mass is 222 g/mol. The van der Waals surface area contributed by atoms with Gasteiger partial charge in [0.15, 0.2) is 0 Å². The molecule has 0 fully saturated rings. The van der Waals surface area contributed by atoms with Crippen LogP contribution in [-0.4, -0.2) is 34.8 Å². The van der Waals surface area contributed by atoms with Gasteiger partial charge < -0.3 is 15.7 Å². The third-order valence-corrected chi connectivity index (χ3v) is 1.91. The van der Waals surface area contributed by atoms with E-state index in [1.807, 2.05) is 13.0 Å². The maximum Gasteiger partial charge on any atom is 0.132 e. The lowest BCUT2D eigenvalue weighted by Crippen LogP contribution is -2.08. The first kappa shape index (κ1) is 12.4. The predicted molar refractivity (Wildman–Crippen MR) is 65.6 cm³/mol. The Bertz CT molecular complexity index is 341. The Morgan fingerprint density at radius 2 is 2.06 bits per heavy atom. The van der Waals surface area contributed by atoms with Gasteiger partial charge in [-0.25, -0.2) is 9.97 Å². The molecule has 0 aromatic carbocycles. The Morgan fingerprint density at radius 3 is 2.69 bits per heavy atom. The van der Waals surface area contributed by atoms with E-state index in [1.54, 1.807) is 6.08 Å². The lowest BCUT2D eigenvalue weighted by atomic mass is 10.4. The quantitative estimate of drug-likeness (QED) is 0.477. The minimum Gasteiger partial charge on any atom is -0.396 e. The molecule has 5 nitrogen and oxygen atoms in total. The molecule has 1 heterocycles. The largest absolute Gasteiger partial charge is 0.396 e. The minimum absolute atomic E-state index is 0.179. The molecule has 1 rings (SSSR count). The highest BCUT2D eigenvalue weighted by Gasteiger charge is 2.00. The fraction of sp³-hybridized carbons (Fsp3) is 0.455. The fourth-order valence-electron chi connectivity index (χ4n) is 1.22. The van der Waals surface area contributed by atoms with Crippen LogP contribution in [0.25, 0.3) is 0 Å². The minimum atomic E-state index is 0.179. The van der Waals surface area contributed by atoms with Crippen molar-refractivity contribution in [3.63, 3.8) is 0 Å². The molecular weight excluding hydrogens is 204 g/mol. The highest BCUT2D eigenvalue weighted by molar-refractivity contribution is 5.47. The summed E-state index contributed by atoms with van der Waals surface area (Å²) in [7, 11) is 0. The summed E-state index contributed by atoms with van der Waals surface area (Å²) in [6, 6.07) is 1.84. The zero-order valence-electron chi connectivity index (χ0n) is 9.53. The third-order valence-electron chi connectivity index (χ3n) is 1.91. The molecule has 0 aliphatic heterocycles. The first-order valence-corrected chi connectivity index (χ1v) is 5.31. The van der Waals surface area contributed by atoms with Crippen molar-refractivity contribution in [2.75, 3.05) is 30.3 Å². The Balaban J connectivity index is 2.61. The number of rotatable bonds is 7. The van der Waals surface area contributed by atoms with E-state index in [2.05, 4.69) is 27.2 Å². The SMILES string of the molecule is C=CCNc1cc(NCCCO)nc(C)n1. The Kier molecular flexibility index (Phi) is 5.28. The molecular formula is C11H18N4O. The topological polar surface area (TPSA) is 70.1 Å². The van der Waals surface area contributed by atoms with Crippen molar-refractivity contribution in [1.29, 1.82) is 0 Å². The van der Waals surface area contributed by atoms with E-state index in [4.69, 9.17) is 5.11 Å². The molecule has 16 heavy (non-hydrogen) atoms. The maximum atomic E-state index is 8.67. The lowest BCUT2D eigenvalue weighted by molar-refractivity contribution is 0.292. The van der Waals surface area contributed by atoms with E-state index in [-0.39, 0.29) is 6.61 Å². The number of hydrogen-bond donors (Lipinski definition) is 3. The average Bonchev–Trinajstić information content (AvgIpc) is 2.26. The molecule has 0 unspecified atom stereocenters. The van der Waals surface area contributed by atoms with Gasteiger partial charge in [0, 0.05) is 25.8 Å². The van der Waals surface area contributed by atoms with Crippen LogP contribution in [0.4, 0.5) is 11.6 Å². The van der Waals surface area contributed by atoms with E-state index in [9.17, 15) is 0 Å². The summed E-state index contributed by atoms with van der Waals surface area (Å²) in [5, 5.41) is 14.9. The van der Waals surface area contributed by atoms with Gasteiger partial charge in [-0.2, -0.15) is 0 Å². The molecule has 1 aromatic heterocycles. The zero-order valence-corrected chi connectivity index (χ0v) is 9.53. The van der Waals surface area contributed by atoms with Crippen molar-refractivity contribution >= 4 is 11.6 Å². The van der Waals surface area contributed by atoms with Crippen molar-refractivity contribution in [3.05, 3.63) is 24.5 Å². The van der Waals surface area contributed by atoms with Crippen LogP contribution in [0, 0.1) is 6.92 Å². The van der Waals surface area contributed by atoms with E-state index in [0.29, 0.717) is 25.3 Å². The average molecular weight is 222 g/mol. The van der Waals surface area contributed by atoms with Crippen molar-refractivity contribution < 1.29 is 5.11 Å². The highest BCUT2D eigenvalue weighted by atomic mass is 16.3. The van der Waals surface area contributed by atoms with Crippen molar-refractivity contribution in [3.8, 4) is 0 Å². The number of aryl methyl sites for hydroxylation is 1. The molecule has 0 saturated heterocycles. The molecule has 0 saturated carbocycles. The third kappa shape index (κ3) is 4.27. The van der Waals surface area contributed by atoms with E-state index >= 15 is 0 Å². The normalized spacial score (nSPS) is 9.88. The lowest BCUT2D eigenvalue weighted by Gasteiger charge is -2.08. The molecule has 0 bridgehead atoms. The number of nitrogens with zero attached hydrogens (tertiary/aromatic N) is 2. The zero-order chi connectivity index (χ0) is 11.8. The van der Waals surface area contributed by atoms with Gasteiger partial charge in [0.2, 0.25) is 0 Å². The summed E-state index contributed by atoms with van der Waals surface area (Å²) >= 11 is 0. The number of anilines is 2. The second-order valence-corrected chi connectivity index (χ2v) is 3.36. The van der Waals surface area contributed by atoms with Crippen molar-refractivity contribution in [2.45, 2.75) is 13.3 Å².